The van der Waals surface area contributed by atoms with Crippen LogP contribution in [0.4, 0.5) is 5.82 Å². The predicted octanol–water partition coefficient (Wildman–Crippen LogP) is 2.62. The van der Waals surface area contributed by atoms with Gasteiger partial charge in [-0.25, -0.2) is 15.2 Å². The molecule has 2 fully saturated rings. The molecule has 2 unspecified atom stereocenters. The Kier molecular flexibility index (Phi) is 4.97. The highest BCUT2D eigenvalue weighted by Crippen LogP contribution is 2.63. The van der Waals surface area contributed by atoms with Crippen molar-refractivity contribution < 1.29 is 14.3 Å². The Morgan fingerprint density at radius 1 is 1.37 bits per heavy atom. The van der Waals surface area contributed by atoms with E-state index in [-0.39, 0.29) is 17.4 Å². The van der Waals surface area contributed by atoms with Crippen molar-refractivity contribution in [3.63, 3.8) is 0 Å². The Morgan fingerprint density at radius 2 is 2.11 bits per heavy atom. The number of amides is 1. The summed E-state index contributed by atoms with van der Waals surface area (Å²) in [4.78, 5) is 30.3. The van der Waals surface area contributed by atoms with Crippen molar-refractivity contribution >= 4 is 23.4 Å². The Hall–Kier alpha value is -2.44. The number of ether oxygens (including phenoxy) is 1. The summed E-state index contributed by atoms with van der Waals surface area (Å²) in [5.41, 5.74) is 4.16. The van der Waals surface area contributed by atoms with Crippen molar-refractivity contribution in [1.82, 2.24) is 10.4 Å². The minimum absolute atomic E-state index is 0.0257. The second kappa shape index (κ2) is 6.94. The summed E-state index contributed by atoms with van der Waals surface area (Å²) in [6.07, 6.45) is 4.84. The second-order valence-corrected chi connectivity index (χ2v) is 8.43. The molecule has 1 N–H and O–H groups in total. The summed E-state index contributed by atoms with van der Waals surface area (Å²) >= 11 is 0. The van der Waals surface area contributed by atoms with Gasteiger partial charge in [0.25, 0.3) is 5.91 Å². The van der Waals surface area contributed by atoms with E-state index >= 15 is 0 Å². The molecule has 0 aromatic carbocycles. The number of aromatic nitrogens is 1. The first-order valence-electron chi connectivity index (χ1n) is 9.32. The van der Waals surface area contributed by atoms with E-state index in [1.807, 2.05) is 0 Å². The monoisotopic (exact) mass is 372 g/mol. The van der Waals surface area contributed by atoms with Crippen LogP contribution in [0.5, 0.6) is 0 Å². The molecule has 2 bridgehead atoms. The number of nitrogens with zero attached hydrogens (tertiary/aromatic N) is 3. The summed E-state index contributed by atoms with van der Waals surface area (Å²) in [5.74, 6) is 0.101. The Bertz CT molecular complexity index is 787. The molecular weight excluding hydrogens is 344 g/mol. The van der Waals surface area contributed by atoms with Crippen LogP contribution < -0.4 is 10.3 Å². The van der Waals surface area contributed by atoms with Crippen LogP contribution in [0.3, 0.4) is 0 Å². The molecule has 1 amide bonds. The lowest BCUT2D eigenvalue weighted by molar-refractivity contribution is -0.124. The standard InChI is InChI=1S/C20H28N4O3/c1-19(2)13-8-9-20(19,3)15(11-13)22-23-16(25)12-27-18(26)14-7-6-10-21-17(14)24(4)5/h6-7,10,13H,8-9,11-12H2,1-5H3,(H,23,25). The van der Waals surface area contributed by atoms with Gasteiger partial charge in [-0.3, -0.25) is 4.79 Å². The third-order valence-corrected chi connectivity index (χ3v) is 6.59. The smallest absolute Gasteiger partial charge is 0.342 e. The Labute approximate surface area is 160 Å². The molecule has 0 saturated heterocycles. The molecule has 2 saturated carbocycles. The van der Waals surface area contributed by atoms with Crippen LogP contribution in [0.1, 0.15) is 50.4 Å². The zero-order valence-corrected chi connectivity index (χ0v) is 16.7. The second-order valence-electron chi connectivity index (χ2n) is 8.43. The number of carbonyl (C=O) groups excluding carboxylic acids is 2. The zero-order chi connectivity index (χ0) is 19.8. The number of hydrazone groups is 1. The maximum atomic E-state index is 12.3. The number of pyridine rings is 1. The van der Waals surface area contributed by atoms with Crippen LogP contribution >= 0.6 is 0 Å². The molecule has 7 heteroatoms. The van der Waals surface area contributed by atoms with Gasteiger partial charge in [-0.2, -0.15) is 5.10 Å². The van der Waals surface area contributed by atoms with Crippen molar-refractivity contribution in [3.05, 3.63) is 23.9 Å². The summed E-state index contributed by atoms with van der Waals surface area (Å²) in [5, 5.41) is 4.37. The molecule has 3 rings (SSSR count). The molecule has 0 radical (unpaired) electrons. The van der Waals surface area contributed by atoms with E-state index in [0.717, 1.165) is 18.6 Å². The van der Waals surface area contributed by atoms with Gasteiger partial charge in [0.15, 0.2) is 6.61 Å². The third-order valence-electron chi connectivity index (χ3n) is 6.59. The predicted molar refractivity (Wildman–Crippen MR) is 104 cm³/mol. The number of hydrogen-bond donors (Lipinski definition) is 1. The molecule has 0 aliphatic heterocycles. The van der Waals surface area contributed by atoms with Crippen molar-refractivity contribution in [1.29, 1.82) is 0 Å². The van der Waals surface area contributed by atoms with E-state index in [9.17, 15) is 9.59 Å². The lowest BCUT2D eigenvalue weighted by atomic mass is 9.70. The first kappa shape index (κ1) is 19.3. The van der Waals surface area contributed by atoms with Crippen molar-refractivity contribution in [3.8, 4) is 0 Å². The number of nitrogens with one attached hydrogen (secondary N) is 1. The summed E-state index contributed by atoms with van der Waals surface area (Å²) in [6, 6.07) is 3.29. The van der Waals surface area contributed by atoms with Gasteiger partial charge >= 0.3 is 5.97 Å². The zero-order valence-electron chi connectivity index (χ0n) is 16.7. The van der Waals surface area contributed by atoms with E-state index in [1.54, 1.807) is 37.3 Å². The van der Waals surface area contributed by atoms with E-state index in [2.05, 4.69) is 36.3 Å². The van der Waals surface area contributed by atoms with E-state index in [4.69, 9.17) is 4.74 Å². The normalized spacial score (nSPS) is 26.9. The highest BCUT2D eigenvalue weighted by molar-refractivity contribution is 5.97. The van der Waals surface area contributed by atoms with E-state index in [0.29, 0.717) is 17.3 Å². The average molecular weight is 372 g/mol. The molecule has 146 valence electrons. The molecule has 2 aliphatic carbocycles. The van der Waals surface area contributed by atoms with Crippen molar-refractivity contribution in [2.24, 2.45) is 21.8 Å². The van der Waals surface area contributed by atoms with Gasteiger partial charge in [0.1, 0.15) is 11.4 Å². The maximum Gasteiger partial charge on any atom is 0.342 e. The van der Waals surface area contributed by atoms with Crippen molar-refractivity contribution in [2.45, 2.75) is 40.0 Å². The van der Waals surface area contributed by atoms with Crippen LogP contribution in [0.2, 0.25) is 0 Å². The van der Waals surface area contributed by atoms with Gasteiger partial charge in [0, 0.05) is 31.4 Å². The van der Waals surface area contributed by atoms with Crippen LogP contribution in [0.25, 0.3) is 0 Å². The Morgan fingerprint density at radius 3 is 2.70 bits per heavy atom. The minimum Gasteiger partial charge on any atom is -0.452 e. The number of hydrogen-bond acceptors (Lipinski definition) is 6. The lowest BCUT2D eigenvalue weighted by Gasteiger charge is -2.34. The fourth-order valence-corrected chi connectivity index (χ4v) is 4.38. The molecule has 0 spiro atoms. The summed E-state index contributed by atoms with van der Waals surface area (Å²) in [6.45, 7) is 6.43. The topological polar surface area (TPSA) is 83.9 Å². The molecule has 1 heterocycles. The first-order valence-corrected chi connectivity index (χ1v) is 9.32. The molecule has 1 aromatic heterocycles. The van der Waals surface area contributed by atoms with Gasteiger partial charge in [-0.1, -0.05) is 20.8 Å². The van der Waals surface area contributed by atoms with E-state index < -0.39 is 11.9 Å². The summed E-state index contributed by atoms with van der Waals surface area (Å²) < 4.78 is 5.14. The average Bonchev–Trinajstić information content (AvgIpc) is 2.97. The highest BCUT2D eigenvalue weighted by Gasteiger charge is 2.60. The SMILES string of the molecule is CN(C)c1ncccc1C(=O)OCC(=O)NN=C1CC2CCC1(C)C2(C)C. The Balaban J connectivity index is 1.58. The number of carbonyl (C=O) groups is 2. The molecule has 1 aromatic rings. The molecule has 2 aliphatic rings. The number of fused-ring (bicyclic) bond motifs is 2. The number of esters is 1. The molecule has 2 atom stereocenters. The van der Waals surface area contributed by atoms with Gasteiger partial charge in [-0.15, -0.1) is 0 Å². The fourth-order valence-electron chi connectivity index (χ4n) is 4.38. The first-order chi connectivity index (χ1) is 12.7. The lowest BCUT2D eigenvalue weighted by Crippen LogP contribution is -2.35. The van der Waals surface area contributed by atoms with Gasteiger partial charge in [0.05, 0.1) is 0 Å². The summed E-state index contributed by atoms with van der Waals surface area (Å²) in [7, 11) is 3.58. The van der Waals surface area contributed by atoms with Crippen molar-refractivity contribution in [2.75, 3.05) is 25.6 Å². The van der Waals surface area contributed by atoms with Crippen LogP contribution in [0.15, 0.2) is 23.4 Å². The van der Waals surface area contributed by atoms with Crippen LogP contribution in [-0.4, -0.2) is 43.3 Å². The highest BCUT2D eigenvalue weighted by atomic mass is 16.5. The quantitative estimate of drug-likeness (QED) is 0.634. The van der Waals surface area contributed by atoms with Gasteiger partial charge in [-0.05, 0) is 42.7 Å². The number of anilines is 1. The largest absolute Gasteiger partial charge is 0.452 e. The fraction of sp³-hybridized carbons (Fsp3) is 0.600. The van der Waals surface area contributed by atoms with Crippen LogP contribution in [0, 0.1) is 16.7 Å². The molecule has 7 nitrogen and oxygen atoms in total. The van der Waals surface area contributed by atoms with Gasteiger partial charge < -0.3 is 9.64 Å². The number of rotatable bonds is 5. The molecular formula is C20H28N4O3. The maximum absolute atomic E-state index is 12.3. The van der Waals surface area contributed by atoms with E-state index in [1.165, 1.54) is 6.42 Å². The third kappa shape index (κ3) is 3.31. The molecule has 27 heavy (non-hydrogen) atoms. The van der Waals surface area contributed by atoms with Gasteiger partial charge in [0.2, 0.25) is 0 Å². The minimum atomic E-state index is -0.581. The van der Waals surface area contributed by atoms with Crippen LogP contribution in [-0.2, 0) is 9.53 Å².